The van der Waals surface area contributed by atoms with E-state index in [1.54, 1.807) is 13.0 Å². The number of rotatable bonds is 8. The molecule has 0 bridgehead atoms. The fourth-order valence-corrected chi connectivity index (χ4v) is 3.04. The summed E-state index contributed by atoms with van der Waals surface area (Å²) in [4.78, 5) is 30.2. The Morgan fingerprint density at radius 2 is 2.00 bits per heavy atom. The monoisotopic (exact) mass is 444 g/mol. The third kappa shape index (κ3) is 5.77. The number of nitrogens with zero attached hydrogens (tertiary/aromatic N) is 3. The number of aliphatic imine (C=N–C) groups is 1. The normalized spacial score (nSPS) is 20.5. The van der Waals surface area contributed by atoms with Gasteiger partial charge >= 0.3 is 0 Å². The average Bonchev–Trinajstić information content (AvgIpc) is 3.52. The fourth-order valence-electron chi connectivity index (χ4n) is 3.04. The molecule has 0 aromatic carbocycles. The van der Waals surface area contributed by atoms with Gasteiger partial charge in [0.15, 0.2) is 0 Å². The maximum Gasteiger partial charge on any atom is 0.278 e. The van der Waals surface area contributed by atoms with E-state index in [1.807, 2.05) is 34.6 Å². The van der Waals surface area contributed by atoms with E-state index in [-0.39, 0.29) is 29.1 Å². The van der Waals surface area contributed by atoms with Gasteiger partial charge in [0.05, 0.1) is 23.2 Å². The Labute approximate surface area is 188 Å². The van der Waals surface area contributed by atoms with Crippen LogP contribution in [0, 0.1) is 11.3 Å². The molecule has 0 radical (unpaired) electrons. The molecule has 1 heterocycles. The van der Waals surface area contributed by atoms with Gasteiger partial charge < -0.3 is 10.6 Å². The van der Waals surface area contributed by atoms with Gasteiger partial charge in [-0.3, -0.25) is 15.0 Å². The highest BCUT2D eigenvalue weighted by Gasteiger charge is 2.59. The van der Waals surface area contributed by atoms with Crippen LogP contribution >= 0.6 is 0 Å². The zero-order chi connectivity index (χ0) is 24.1. The van der Waals surface area contributed by atoms with E-state index in [0.717, 1.165) is 6.20 Å². The molecule has 2 amide bonds. The van der Waals surface area contributed by atoms with E-state index >= 15 is 0 Å². The van der Waals surface area contributed by atoms with Crippen molar-refractivity contribution in [2.45, 2.75) is 72.4 Å². The summed E-state index contributed by atoms with van der Waals surface area (Å²) >= 11 is 0. The zero-order valence-corrected chi connectivity index (χ0v) is 19.6. The Morgan fingerprint density at radius 3 is 2.53 bits per heavy atom. The first-order chi connectivity index (χ1) is 15.0. The van der Waals surface area contributed by atoms with Crippen molar-refractivity contribution in [1.29, 1.82) is 5.41 Å². The van der Waals surface area contributed by atoms with Crippen molar-refractivity contribution in [1.82, 2.24) is 15.6 Å². The zero-order valence-electron chi connectivity index (χ0n) is 19.6. The number of nitrogens with one attached hydrogen (secondary N) is 3. The fraction of sp³-hybridized carbons (Fsp3) is 0.522. The summed E-state index contributed by atoms with van der Waals surface area (Å²) in [5.74, 6) is -1.34. The van der Waals surface area contributed by atoms with Gasteiger partial charge in [0.2, 0.25) is 0 Å². The van der Waals surface area contributed by atoms with Crippen molar-refractivity contribution in [2.75, 3.05) is 0 Å². The van der Waals surface area contributed by atoms with Gasteiger partial charge in [-0.05, 0) is 52.0 Å². The molecule has 0 atom stereocenters. The van der Waals surface area contributed by atoms with Crippen molar-refractivity contribution in [3.8, 4) is 0 Å². The Morgan fingerprint density at radius 1 is 1.34 bits per heavy atom. The predicted molar refractivity (Wildman–Crippen MR) is 125 cm³/mol. The number of hydrogen-bond acceptors (Lipinski definition) is 6. The minimum atomic E-state index is -1.14. The molecule has 9 heteroatoms. The summed E-state index contributed by atoms with van der Waals surface area (Å²) in [5.41, 5.74) is -0.465. The van der Waals surface area contributed by atoms with E-state index in [2.05, 4.69) is 20.7 Å². The molecule has 1 aliphatic carbocycles. The van der Waals surface area contributed by atoms with Gasteiger partial charge in [-0.15, -0.1) is 0 Å². The standard InChI is InChI=1S/C23H33FN6O2/c1-7-8-9-17(24)12-27-16(6)28-22(32)23(10-11-23)30-21(31)18(13-26-15(4)5)19(25)20(29-30)14(2)3/h8-9,12-15,25-26H,7,10-11H2,1-6H3,(H,27,28,32)/b9-8+,17-12+,18-13+,25-19?. The van der Waals surface area contributed by atoms with E-state index in [9.17, 15) is 14.0 Å². The largest absolute Gasteiger partial charge is 0.388 e. The first-order valence-corrected chi connectivity index (χ1v) is 10.9. The van der Waals surface area contributed by atoms with Crippen molar-refractivity contribution >= 4 is 29.1 Å². The van der Waals surface area contributed by atoms with Crippen molar-refractivity contribution in [3.63, 3.8) is 0 Å². The summed E-state index contributed by atoms with van der Waals surface area (Å²) in [6, 6.07) is 0.0792. The van der Waals surface area contributed by atoms with Crippen LogP contribution in [0.2, 0.25) is 0 Å². The lowest BCUT2D eigenvalue weighted by atomic mass is 9.95. The Hall–Kier alpha value is -3.10. The second-order valence-electron chi connectivity index (χ2n) is 8.54. The van der Waals surface area contributed by atoms with E-state index in [0.29, 0.717) is 25.0 Å². The van der Waals surface area contributed by atoms with Crippen LogP contribution in [0.25, 0.3) is 0 Å². The maximum atomic E-state index is 13.7. The highest BCUT2D eigenvalue weighted by molar-refractivity contribution is 6.54. The lowest BCUT2D eigenvalue weighted by Crippen LogP contribution is -2.54. The number of carbonyl (C=O) groups is 2. The van der Waals surface area contributed by atoms with Crippen LogP contribution in [0.15, 0.2) is 46.0 Å². The summed E-state index contributed by atoms with van der Waals surface area (Å²) in [7, 11) is 0. The van der Waals surface area contributed by atoms with E-state index in [1.165, 1.54) is 17.3 Å². The van der Waals surface area contributed by atoms with E-state index in [4.69, 9.17) is 5.41 Å². The van der Waals surface area contributed by atoms with Gasteiger partial charge in [-0.2, -0.15) is 5.10 Å². The Bertz CT molecular complexity index is 923. The molecule has 0 aromatic heterocycles. The van der Waals surface area contributed by atoms with Crippen LogP contribution in [0.3, 0.4) is 0 Å². The summed E-state index contributed by atoms with van der Waals surface area (Å²) in [5, 5.41) is 19.8. The highest BCUT2D eigenvalue weighted by Crippen LogP contribution is 2.44. The second-order valence-corrected chi connectivity index (χ2v) is 8.54. The first-order valence-electron chi connectivity index (χ1n) is 10.9. The molecule has 0 saturated heterocycles. The number of hydrogen-bond donors (Lipinski definition) is 3. The predicted octanol–water partition coefficient (Wildman–Crippen LogP) is 3.59. The van der Waals surface area contributed by atoms with Gasteiger partial charge in [0, 0.05) is 12.2 Å². The molecule has 32 heavy (non-hydrogen) atoms. The highest BCUT2D eigenvalue weighted by atomic mass is 19.1. The van der Waals surface area contributed by atoms with Gasteiger partial charge in [0.1, 0.15) is 17.2 Å². The first kappa shape index (κ1) is 25.2. The maximum absolute atomic E-state index is 13.7. The molecule has 174 valence electrons. The minimum Gasteiger partial charge on any atom is -0.388 e. The van der Waals surface area contributed by atoms with Crippen LogP contribution in [0.5, 0.6) is 0 Å². The Balaban J connectivity index is 2.30. The molecule has 0 spiro atoms. The van der Waals surface area contributed by atoms with Crippen LogP contribution in [0.4, 0.5) is 4.39 Å². The smallest absolute Gasteiger partial charge is 0.278 e. The van der Waals surface area contributed by atoms with Gasteiger partial charge in [-0.25, -0.2) is 14.4 Å². The molecule has 1 saturated carbocycles. The number of amidine groups is 1. The third-order valence-corrected chi connectivity index (χ3v) is 5.00. The van der Waals surface area contributed by atoms with Crippen LogP contribution < -0.4 is 10.6 Å². The van der Waals surface area contributed by atoms with Crippen LogP contribution in [-0.2, 0) is 9.59 Å². The molecule has 0 aromatic rings. The molecular weight excluding hydrogens is 411 g/mol. The molecular formula is C23H33FN6O2. The number of hydrazone groups is 1. The lowest BCUT2D eigenvalue weighted by molar-refractivity contribution is -0.138. The Kier molecular flexibility index (Phi) is 8.24. The number of amides is 2. The molecule has 2 rings (SSSR count). The van der Waals surface area contributed by atoms with Crippen molar-refractivity contribution in [3.05, 3.63) is 36.0 Å². The van der Waals surface area contributed by atoms with Crippen molar-refractivity contribution in [2.24, 2.45) is 16.0 Å². The van der Waals surface area contributed by atoms with Gasteiger partial charge in [0.25, 0.3) is 11.8 Å². The molecule has 2 aliphatic rings. The molecule has 1 aliphatic heterocycles. The molecule has 1 fully saturated rings. The number of carbonyl (C=O) groups excluding carboxylic acids is 2. The summed E-state index contributed by atoms with van der Waals surface area (Å²) in [6.45, 7) is 11.1. The molecule has 3 N–H and O–H groups in total. The minimum absolute atomic E-state index is 0.0593. The van der Waals surface area contributed by atoms with Crippen molar-refractivity contribution < 1.29 is 14.0 Å². The number of allylic oxidation sites excluding steroid dienone is 3. The molecule has 8 nitrogen and oxygen atoms in total. The lowest BCUT2D eigenvalue weighted by Gasteiger charge is -2.33. The number of halogens is 1. The third-order valence-electron chi connectivity index (χ3n) is 5.00. The summed E-state index contributed by atoms with van der Waals surface area (Å²) in [6.07, 6.45) is 7.11. The second kappa shape index (κ2) is 10.5. The topological polar surface area (TPSA) is 110 Å². The van der Waals surface area contributed by atoms with Crippen LogP contribution in [-0.4, -0.2) is 45.7 Å². The quantitative estimate of drug-likeness (QED) is 0.230. The van der Waals surface area contributed by atoms with Crippen LogP contribution in [0.1, 0.15) is 60.8 Å². The summed E-state index contributed by atoms with van der Waals surface area (Å²) < 4.78 is 13.7. The SMILES string of the molecule is CC/C=C/C(F)=C\N=C(/C)NC(=O)C1(N2N=C(C(C)C)C(=N)/C(=C\NC(C)C)C2=O)CC1. The molecule has 0 unspecified atom stereocenters. The average molecular weight is 445 g/mol. The van der Waals surface area contributed by atoms with Gasteiger partial charge in [-0.1, -0.05) is 26.8 Å². The van der Waals surface area contributed by atoms with E-state index < -0.39 is 23.2 Å².